The Kier molecular flexibility index (Phi) is 5.76. The van der Waals surface area contributed by atoms with Crippen molar-refractivity contribution in [3.05, 3.63) is 54.7 Å². The molecule has 1 aromatic heterocycles. The number of hydrogen-bond donors (Lipinski definition) is 1. The van der Waals surface area contributed by atoms with Crippen molar-refractivity contribution in [3.63, 3.8) is 0 Å². The molecule has 1 N–H and O–H groups in total. The van der Waals surface area contributed by atoms with Crippen LogP contribution in [0.15, 0.2) is 23.6 Å². The molecule has 1 unspecified atom stereocenters. The lowest BCUT2D eigenvalue weighted by atomic mass is 10.0. The second kappa shape index (κ2) is 7.15. The monoisotopic (exact) mass is 347 g/mol. The topological polar surface area (TPSA) is 12.0 Å². The van der Waals surface area contributed by atoms with E-state index in [1.54, 1.807) is 17.4 Å². The van der Waals surface area contributed by atoms with Crippen LogP contribution in [0.2, 0.25) is 15.1 Å². The van der Waals surface area contributed by atoms with Gasteiger partial charge in [0.2, 0.25) is 0 Å². The molecule has 1 heterocycles. The van der Waals surface area contributed by atoms with Crippen molar-refractivity contribution in [1.29, 1.82) is 0 Å². The summed E-state index contributed by atoms with van der Waals surface area (Å²) in [7, 11) is 0. The first-order valence-corrected chi connectivity index (χ1v) is 8.45. The molecule has 0 spiro atoms. The van der Waals surface area contributed by atoms with Gasteiger partial charge >= 0.3 is 0 Å². The highest BCUT2D eigenvalue weighted by Crippen LogP contribution is 2.35. The SMILES string of the molecule is CCNC(Cc1cc(Cl)ccc1Cl)c1scc(C)c1Cl. The third kappa shape index (κ3) is 3.69. The van der Waals surface area contributed by atoms with Crippen LogP contribution in [0, 0.1) is 6.92 Å². The van der Waals surface area contributed by atoms with Crippen LogP contribution in [0.5, 0.6) is 0 Å². The second-order valence-electron chi connectivity index (χ2n) is 4.65. The van der Waals surface area contributed by atoms with E-state index in [1.807, 2.05) is 19.1 Å². The van der Waals surface area contributed by atoms with Gasteiger partial charge in [-0.1, -0.05) is 41.7 Å². The van der Waals surface area contributed by atoms with E-state index in [0.717, 1.165) is 39.0 Å². The van der Waals surface area contributed by atoms with Gasteiger partial charge in [-0.15, -0.1) is 11.3 Å². The summed E-state index contributed by atoms with van der Waals surface area (Å²) in [6, 6.07) is 5.71. The molecule has 0 saturated heterocycles. The van der Waals surface area contributed by atoms with E-state index in [2.05, 4.69) is 17.6 Å². The van der Waals surface area contributed by atoms with Crippen LogP contribution in [-0.2, 0) is 6.42 Å². The molecule has 0 aliphatic rings. The first kappa shape index (κ1) is 16.1. The number of likely N-dealkylation sites (N-methyl/N-ethyl adjacent to an activating group) is 1. The summed E-state index contributed by atoms with van der Waals surface area (Å²) in [5.74, 6) is 0. The van der Waals surface area contributed by atoms with Gasteiger partial charge in [-0.25, -0.2) is 0 Å². The summed E-state index contributed by atoms with van der Waals surface area (Å²) in [4.78, 5) is 1.15. The molecule has 0 bridgehead atoms. The predicted octanol–water partition coefficient (Wildman–Crippen LogP) is 5.91. The minimum absolute atomic E-state index is 0.155. The maximum Gasteiger partial charge on any atom is 0.0590 e. The van der Waals surface area contributed by atoms with Gasteiger partial charge in [0.05, 0.1) is 5.02 Å². The highest BCUT2D eigenvalue weighted by atomic mass is 35.5. The summed E-state index contributed by atoms with van der Waals surface area (Å²) >= 11 is 20.4. The molecule has 1 nitrogen and oxygen atoms in total. The molecule has 0 fully saturated rings. The summed E-state index contributed by atoms with van der Waals surface area (Å²) in [6.07, 6.45) is 0.771. The lowest BCUT2D eigenvalue weighted by Gasteiger charge is -2.18. The number of nitrogens with one attached hydrogen (secondary N) is 1. The molecular weight excluding hydrogens is 333 g/mol. The van der Waals surface area contributed by atoms with Gasteiger partial charge in [0.25, 0.3) is 0 Å². The van der Waals surface area contributed by atoms with Crippen molar-refractivity contribution < 1.29 is 0 Å². The number of aryl methyl sites for hydroxylation is 1. The van der Waals surface area contributed by atoms with Crippen LogP contribution < -0.4 is 5.32 Å². The van der Waals surface area contributed by atoms with Gasteiger partial charge < -0.3 is 5.32 Å². The van der Waals surface area contributed by atoms with Crippen LogP contribution in [0.4, 0.5) is 0 Å². The molecule has 0 aliphatic heterocycles. The molecule has 0 saturated carbocycles. The van der Waals surface area contributed by atoms with Crippen LogP contribution in [-0.4, -0.2) is 6.54 Å². The first-order chi connectivity index (χ1) is 9.52. The number of halogens is 3. The Balaban J connectivity index is 2.30. The maximum absolute atomic E-state index is 6.39. The number of hydrogen-bond acceptors (Lipinski definition) is 2. The maximum atomic E-state index is 6.39. The Morgan fingerprint density at radius 3 is 2.60 bits per heavy atom. The normalized spacial score (nSPS) is 12.7. The molecule has 0 amide bonds. The van der Waals surface area contributed by atoms with Crippen molar-refractivity contribution in [2.75, 3.05) is 6.54 Å². The van der Waals surface area contributed by atoms with Gasteiger partial charge in [-0.05, 0) is 54.6 Å². The minimum Gasteiger partial charge on any atom is -0.309 e. The standard InChI is InChI=1S/C15H16Cl3NS/c1-3-19-13(15-14(18)9(2)8-20-15)7-10-6-11(16)4-5-12(10)17/h4-6,8,13,19H,3,7H2,1-2H3. The predicted molar refractivity (Wildman–Crippen MR) is 90.6 cm³/mol. The summed E-state index contributed by atoms with van der Waals surface area (Å²) in [5.41, 5.74) is 2.15. The summed E-state index contributed by atoms with van der Waals surface area (Å²) in [6.45, 7) is 4.98. The molecule has 1 atom stereocenters. The highest BCUT2D eigenvalue weighted by molar-refractivity contribution is 7.10. The van der Waals surface area contributed by atoms with Crippen molar-refractivity contribution >= 4 is 46.1 Å². The van der Waals surface area contributed by atoms with Crippen molar-refractivity contribution in [1.82, 2.24) is 5.32 Å². The first-order valence-electron chi connectivity index (χ1n) is 6.43. The fourth-order valence-electron chi connectivity index (χ4n) is 2.11. The fraction of sp³-hybridized carbons (Fsp3) is 0.333. The Morgan fingerprint density at radius 2 is 2.00 bits per heavy atom. The average molecular weight is 349 g/mol. The largest absolute Gasteiger partial charge is 0.309 e. The average Bonchev–Trinajstić information content (AvgIpc) is 2.74. The van der Waals surface area contributed by atoms with Crippen LogP contribution in [0.1, 0.15) is 29.0 Å². The van der Waals surface area contributed by atoms with Crippen molar-refractivity contribution in [2.24, 2.45) is 0 Å². The smallest absolute Gasteiger partial charge is 0.0590 e. The highest BCUT2D eigenvalue weighted by Gasteiger charge is 2.19. The Bertz CT molecular complexity index is 595. The lowest BCUT2D eigenvalue weighted by molar-refractivity contribution is 0.558. The van der Waals surface area contributed by atoms with E-state index in [4.69, 9.17) is 34.8 Å². The molecule has 2 rings (SSSR count). The van der Waals surface area contributed by atoms with Gasteiger partial charge in [-0.2, -0.15) is 0 Å². The van der Waals surface area contributed by atoms with Crippen molar-refractivity contribution in [2.45, 2.75) is 26.3 Å². The zero-order valence-corrected chi connectivity index (χ0v) is 14.4. The summed E-state index contributed by atoms with van der Waals surface area (Å²) < 4.78 is 0. The third-order valence-corrected chi connectivity index (χ3v) is 5.56. The van der Waals surface area contributed by atoms with Crippen LogP contribution >= 0.6 is 46.1 Å². The third-order valence-electron chi connectivity index (χ3n) is 3.12. The molecule has 5 heteroatoms. The van der Waals surface area contributed by atoms with Gasteiger partial charge in [0, 0.05) is 21.0 Å². The molecule has 0 radical (unpaired) electrons. The molecule has 0 aliphatic carbocycles. The Hall–Kier alpha value is -0.250. The zero-order chi connectivity index (χ0) is 14.7. The fourth-order valence-corrected chi connectivity index (χ4v) is 3.90. The quantitative estimate of drug-likeness (QED) is 0.708. The number of rotatable bonds is 5. The summed E-state index contributed by atoms with van der Waals surface area (Å²) in [5, 5.41) is 7.84. The zero-order valence-electron chi connectivity index (χ0n) is 11.3. The van der Waals surface area contributed by atoms with E-state index in [-0.39, 0.29) is 6.04 Å². The Labute approximate surface area is 138 Å². The van der Waals surface area contributed by atoms with E-state index in [0.29, 0.717) is 5.02 Å². The van der Waals surface area contributed by atoms with E-state index in [9.17, 15) is 0 Å². The molecule has 1 aromatic carbocycles. The van der Waals surface area contributed by atoms with E-state index in [1.165, 1.54) is 0 Å². The molecule has 108 valence electrons. The van der Waals surface area contributed by atoms with E-state index < -0.39 is 0 Å². The second-order valence-corrected chi connectivity index (χ2v) is 6.78. The van der Waals surface area contributed by atoms with Gasteiger partial charge in [-0.3, -0.25) is 0 Å². The number of thiophene rings is 1. The van der Waals surface area contributed by atoms with Crippen LogP contribution in [0.3, 0.4) is 0 Å². The number of benzene rings is 1. The van der Waals surface area contributed by atoms with Gasteiger partial charge in [0.1, 0.15) is 0 Å². The minimum atomic E-state index is 0.155. The van der Waals surface area contributed by atoms with Crippen LogP contribution in [0.25, 0.3) is 0 Å². The Morgan fingerprint density at radius 1 is 1.25 bits per heavy atom. The molecule has 2 aromatic rings. The molecular formula is C15H16Cl3NS. The van der Waals surface area contributed by atoms with Gasteiger partial charge in [0.15, 0.2) is 0 Å². The lowest BCUT2D eigenvalue weighted by Crippen LogP contribution is -2.22. The molecule has 20 heavy (non-hydrogen) atoms. The van der Waals surface area contributed by atoms with E-state index >= 15 is 0 Å². The van der Waals surface area contributed by atoms with Crippen molar-refractivity contribution in [3.8, 4) is 0 Å².